The van der Waals surface area contributed by atoms with Crippen LogP contribution in [-0.2, 0) is 0 Å². The van der Waals surface area contributed by atoms with Crippen LogP contribution in [0.2, 0.25) is 0 Å². The molecule has 2 aromatic rings. The predicted molar refractivity (Wildman–Crippen MR) is 72.0 cm³/mol. The van der Waals surface area contributed by atoms with E-state index in [2.05, 4.69) is 10.1 Å². The molecule has 0 aliphatic heterocycles. The Labute approximate surface area is 117 Å². The van der Waals surface area contributed by atoms with Gasteiger partial charge in [0.15, 0.2) is 0 Å². The summed E-state index contributed by atoms with van der Waals surface area (Å²) in [5.74, 6) is 0.0493. The van der Waals surface area contributed by atoms with Crippen LogP contribution in [0, 0.1) is 6.92 Å². The monoisotopic (exact) mass is 275 g/mol. The maximum Gasteiger partial charge on any atom is 0.295 e. The lowest BCUT2D eigenvalue weighted by atomic mass is 10.0. The number of hydrogen-bond acceptors (Lipinski definition) is 5. The normalized spacial score (nSPS) is 12.2. The van der Waals surface area contributed by atoms with Crippen LogP contribution in [0.15, 0.2) is 34.9 Å². The van der Waals surface area contributed by atoms with Gasteiger partial charge in [0, 0.05) is 20.6 Å². The van der Waals surface area contributed by atoms with Crippen LogP contribution in [0.5, 0.6) is 0 Å². The van der Waals surface area contributed by atoms with E-state index in [-0.39, 0.29) is 24.4 Å². The van der Waals surface area contributed by atoms with Crippen molar-refractivity contribution in [3.05, 3.63) is 47.6 Å². The number of carbonyl (C=O) groups is 1. The zero-order valence-corrected chi connectivity index (χ0v) is 11.5. The molecular formula is C14H17N3O3. The molecule has 6 nitrogen and oxygen atoms in total. The standard InChI is InChI=1S/C14H17N3O3/c1-10-15-13(16-20-10)14(19)17(2)12(8-9-18)11-6-4-3-5-7-11/h3-7,12,18H,8-9H2,1-2H3. The summed E-state index contributed by atoms with van der Waals surface area (Å²) in [5.41, 5.74) is 0.956. The van der Waals surface area contributed by atoms with Crippen LogP contribution < -0.4 is 0 Å². The molecule has 0 saturated carbocycles. The van der Waals surface area contributed by atoms with Crippen molar-refractivity contribution in [1.29, 1.82) is 0 Å². The molecule has 106 valence electrons. The number of benzene rings is 1. The van der Waals surface area contributed by atoms with E-state index in [9.17, 15) is 9.90 Å². The minimum absolute atomic E-state index is 0.0115. The van der Waals surface area contributed by atoms with Gasteiger partial charge in [-0.25, -0.2) is 0 Å². The minimum atomic E-state index is -0.329. The number of amides is 1. The third-order valence-electron chi connectivity index (χ3n) is 3.09. The van der Waals surface area contributed by atoms with Gasteiger partial charge in [-0.15, -0.1) is 0 Å². The number of carbonyl (C=O) groups excluding carboxylic acids is 1. The molecular weight excluding hydrogens is 258 g/mol. The second-order valence-electron chi connectivity index (χ2n) is 4.49. The highest BCUT2D eigenvalue weighted by molar-refractivity contribution is 5.90. The largest absolute Gasteiger partial charge is 0.396 e. The number of aliphatic hydroxyl groups excluding tert-OH is 1. The number of aliphatic hydroxyl groups is 1. The lowest BCUT2D eigenvalue weighted by Crippen LogP contribution is -2.32. The summed E-state index contributed by atoms with van der Waals surface area (Å²) in [4.78, 5) is 17.8. The minimum Gasteiger partial charge on any atom is -0.396 e. The van der Waals surface area contributed by atoms with E-state index in [1.807, 2.05) is 30.3 Å². The summed E-state index contributed by atoms with van der Waals surface area (Å²) in [7, 11) is 1.67. The first-order valence-electron chi connectivity index (χ1n) is 6.36. The molecule has 0 bridgehead atoms. The Kier molecular flexibility index (Phi) is 4.47. The SMILES string of the molecule is Cc1nc(C(=O)N(C)C(CCO)c2ccccc2)no1. The van der Waals surface area contributed by atoms with Crippen molar-refractivity contribution in [2.45, 2.75) is 19.4 Å². The number of hydrogen-bond donors (Lipinski definition) is 1. The van der Waals surface area contributed by atoms with Crippen LogP contribution >= 0.6 is 0 Å². The van der Waals surface area contributed by atoms with Crippen molar-refractivity contribution in [3.8, 4) is 0 Å². The highest BCUT2D eigenvalue weighted by Gasteiger charge is 2.25. The highest BCUT2D eigenvalue weighted by atomic mass is 16.5. The van der Waals surface area contributed by atoms with Crippen molar-refractivity contribution in [3.63, 3.8) is 0 Å². The summed E-state index contributed by atoms with van der Waals surface area (Å²) in [6, 6.07) is 9.32. The summed E-state index contributed by atoms with van der Waals surface area (Å²) in [6.07, 6.45) is 0.448. The average Bonchev–Trinajstić information content (AvgIpc) is 2.91. The molecule has 0 radical (unpaired) electrons. The van der Waals surface area contributed by atoms with Gasteiger partial charge in [-0.3, -0.25) is 4.79 Å². The second-order valence-corrected chi connectivity index (χ2v) is 4.49. The van der Waals surface area contributed by atoms with Gasteiger partial charge in [0.25, 0.3) is 11.7 Å². The average molecular weight is 275 g/mol. The van der Waals surface area contributed by atoms with Gasteiger partial charge in [-0.05, 0) is 12.0 Å². The smallest absolute Gasteiger partial charge is 0.295 e. The predicted octanol–water partition coefficient (Wildman–Crippen LogP) is 1.57. The molecule has 0 aliphatic carbocycles. The van der Waals surface area contributed by atoms with Crippen LogP contribution in [-0.4, -0.2) is 39.7 Å². The van der Waals surface area contributed by atoms with E-state index in [4.69, 9.17) is 4.52 Å². The molecule has 0 saturated heterocycles. The van der Waals surface area contributed by atoms with E-state index >= 15 is 0 Å². The Morgan fingerprint density at radius 3 is 2.65 bits per heavy atom. The molecule has 1 aromatic heterocycles. The van der Waals surface area contributed by atoms with Crippen LogP contribution in [0.1, 0.15) is 34.5 Å². The molecule has 20 heavy (non-hydrogen) atoms. The fourth-order valence-electron chi connectivity index (χ4n) is 2.07. The highest BCUT2D eigenvalue weighted by Crippen LogP contribution is 2.23. The van der Waals surface area contributed by atoms with Crippen molar-refractivity contribution >= 4 is 5.91 Å². The number of rotatable bonds is 5. The van der Waals surface area contributed by atoms with Crippen molar-refractivity contribution in [2.24, 2.45) is 0 Å². The van der Waals surface area contributed by atoms with Crippen molar-refractivity contribution in [1.82, 2.24) is 15.0 Å². The van der Waals surface area contributed by atoms with Crippen LogP contribution in [0.25, 0.3) is 0 Å². The van der Waals surface area contributed by atoms with E-state index < -0.39 is 0 Å². The molecule has 0 fully saturated rings. The maximum absolute atomic E-state index is 12.3. The molecule has 1 aromatic carbocycles. The fourth-order valence-corrected chi connectivity index (χ4v) is 2.07. The number of aryl methyl sites for hydroxylation is 1. The van der Waals surface area contributed by atoms with Gasteiger partial charge >= 0.3 is 0 Å². The van der Waals surface area contributed by atoms with Crippen molar-refractivity contribution in [2.75, 3.05) is 13.7 Å². The first-order valence-corrected chi connectivity index (χ1v) is 6.36. The van der Waals surface area contributed by atoms with E-state index in [1.165, 1.54) is 4.90 Å². The molecule has 0 spiro atoms. The Balaban J connectivity index is 2.23. The first kappa shape index (κ1) is 14.2. The van der Waals surface area contributed by atoms with Gasteiger partial charge in [-0.1, -0.05) is 35.5 Å². The second kappa shape index (κ2) is 6.29. The molecule has 1 amide bonds. The Bertz CT molecular complexity index is 568. The first-order chi connectivity index (χ1) is 9.63. The Morgan fingerprint density at radius 1 is 1.40 bits per heavy atom. The number of aromatic nitrogens is 2. The fraction of sp³-hybridized carbons (Fsp3) is 0.357. The zero-order valence-electron chi connectivity index (χ0n) is 11.5. The lowest BCUT2D eigenvalue weighted by molar-refractivity contribution is 0.0689. The topological polar surface area (TPSA) is 79.5 Å². The van der Waals surface area contributed by atoms with E-state index in [0.717, 1.165) is 5.56 Å². The van der Waals surface area contributed by atoms with Crippen molar-refractivity contribution < 1.29 is 14.4 Å². The maximum atomic E-state index is 12.3. The molecule has 1 N–H and O–H groups in total. The molecule has 0 aliphatic rings. The summed E-state index contributed by atoms with van der Waals surface area (Å²) >= 11 is 0. The third-order valence-corrected chi connectivity index (χ3v) is 3.09. The van der Waals surface area contributed by atoms with Gasteiger partial charge < -0.3 is 14.5 Å². The van der Waals surface area contributed by atoms with Gasteiger partial charge in [-0.2, -0.15) is 4.98 Å². The Hall–Kier alpha value is -2.21. The Morgan fingerprint density at radius 2 is 2.10 bits per heavy atom. The lowest BCUT2D eigenvalue weighted by Gasteiger charge is -2.27. The molecule has 1 heterocycles. The van der Waals surface area contributed by atoms with Gasteiger partial charge in [0.1, 0.15) is 0 Å². The molecule has 1 unspecified atom stereocenters. The number of nitrogens with zero attached hydrogens (tertiary/aromatic N) is 3. The molecule has 2 rings (SSSR count). The van der Waals surface area contributed by atoms with E-state index in [0.29, 0.717) is 12.3 Å². The zero-order chi connectivity index (χ0) is 14.5. The van der Waals surface area contributed by atoms with E-state index in [1.54, 1.807) is 14.0 Å². The summed E-state index contributed by atoms with van der Waals surface area (Å²) in [6.45, 7) is 1.62. The summed E-state index contributed by atoms with van der Waals surface area (Å²) in [5, 5.41) is 12.8. The van der Waals surface area contributed by atoms with Gasteiger partial charge in [0.05, 0.1) is 6.04 Å². The van der Waals surface area contributed by atoms with Gasteiger partial charge in [0.2, 0.25) is 5.89 Å². The van der Waals surface area contributed by atoms with Crippen LogP contribution in [0.4, 0.5) is 0 Å². The summed E-state index contributed by atoms with van der Waals surface area (Å²) < 4.78 is 4.82. The quantitative estimate of drug-likeness (QED) is 0.896. The van der Waals surface area contributed by atoms with Crippen LogP contribution in [0.3, 0.4) is 0 Å². The third kappa shape index (κ3) is 3.03. The molecule has 6 heteroatoms. The molecule has 1 atom stereocenters.